The first-order valence-electron chi connectivity index (χ1n) is 5.20. The average molecular weight is 323 g/mol. The number of rotatable bonds is 4. The maximum absolute atomic E-state index is 5.88. The van der Waals surface area contributed by atoms with Crippen molar-refractivity contribution in [3.8, 4) is 0 Å². The number of anilines is 1. The highest BCUT2D eigenvalue weighted by Crippen LogP contribution is 2.28. The van der Waals surface area contributed by atoms with E-state index in [0.29, 0.717) is 28.6 Å². The van der Waals surface area contributed by atoms with Crippen molar-refractivity contribution in [3.63, 3.8) is 0 Å². The molecule has 1 aliphatic heterocycles. The summed E-state index contributed by atoms with van der Waals surface area (Å²) in [6.07, 6.45) is 2.28. The van der Waals surface area contributed by atoms with Gasteiger partial charge in [-0.05, 0) is 15.9 Å². The maximum Gasteiger partial charge on any atom is 0.148 e. The summed E-state index contributed by atoms with van der Waals surface area (Å²) < 4.78 is 11.5. The van der Waals surface area contributed by atoms with Gasteiger partial charge < -0.3 is 14.8 Å². The monoisotopic (exact) mass is 321 g/mol. The molecule has 2 rings (SSSR count). The number of hydrogen-bond acceptors (Lipinski definition) is 5. The van der Waals surface area contributed by atoms with Crippen LogP contribution in [0.5, 0.6) is 0 Å². The summed E-state index contributed by atoms with van der Waals surface area (Å²) in [6, 6.07) is 0. The molecule has 1 aromatic rings. The third kappa shape index (κ3) is 2.88. The molecule has 0 bridgehead atoms. The van der Waals surface area contributed by atoms with Crippen molar-refractivity contribution in [1.82, 2.24) is 9.97 Å². The first-order valence-corrected chi connectivity index (χ1v) is 6.37. The third-order valence-electron chi connectivity index (χ3n) is 2.83. The van der Waals surface area contributed by atoms with E-state index in [1.807, 2.05) is 0 Å². The van der Waals surface area contributed by atoms with Crippen LogP contribution in [-0.4, -0.2) is 42.4 Å². The van der Waals surface area contributed by atoms with Crippen molar-refractivity contribution in [3.05, 3.63) is 16.0 Å². The Morgan fingerprint density at radius 3 is 3.12 bits per heavy atom. The van der Waals surface area contributed by atoms with E-state index in [9.17, 15) is 0 Å². The molecule has 0 aromatic carbocycles. The molecule has 0 radical (unpaired) electrons. The first-order chi connectivity index (χ1) is 8.17. The van der Waals surface area contributed by atoms with Crippen LogP contribution >= 0.6 is 27.5 Å². The van der Waals surface area contributed by atoms with Crippen LogP contribution in [0, 0.1) is 0 Å². The predicted molar refractivity (Wildman–Crippen MR) is 68.4 cm³/mol. The van der Waals surface area contributed by atoms with Gasteiger partial charge in [0.1, 0.15) is 22.9 Å². The molecule has 7 heteroatoms. The molecule has 1 unspecified atom stereocenters. The minimum Gasteiger partial charge on any atom is -0.378 e. The Bertz CT molecular complexity index is 399. The number of nitrogens with one attached hydrogen (secondary N) is 1. The van der Waals surface area contributed by atoms with E-state index in [2.05, 4.69) is 31.2 Å². The van der Waals surface area contributed by atoms with E-state index in [1.165, 1.54) is 6.33 Å². The molecule has 0 spiro atoms. The number of hydrogen-bond donors (Lipinski definition) is 1. The average Bonchev–Trinajstić information content (AvgIpc) is 2.81. The van der Waals surface area contributed by atoms with Gasteiger partial charge in [0.25, 0.3) is 0 Å². The molecule has 1 atom stereocenters. The van der Waals surface area contributed by atoms with Gasteiger partial charge in [-0.1, -0.05) is 11.6 Å². The van der Waals surface area contributed by atoms with Crippen LogP contribution in [-0.2, 0) is 9.47 Å². The van der Waals surface area contributed by atoms with E-state index >= 15 is 0 Å². The Labute approximate surface area is 113 Å². The Morgan fingerprint density at radius 1 is 1.65 bits per heavy atom. The molecule has 0 amide bonds. The van der Waals surface area contributed by atoms with Gasteiger partial charge in [0.15, 0.2) is 0 Å². The highest BCUT2D eigenvalue weighted by molar-refractivity contribution is 9.10. The Kier molecular flexibility index (Phi) is 4.19. The van der Waals surface area contributed by atoms with Gasteiger partial charge in [-0.3, -0.25) is 0 Å². The van der Waals surface area contributed by atoms with Crippen molar-refractivity contribution in [2.75, 3.05) is 32.2 Å². The molecule has 2 heterocycles. The number of aromatic nitrogens is 2. The fourth-order valence-electron chi connectivity index (χ4n) is 1.68. The standard InChI is InChI=1S/C10H13BrClN3O2/c1-16-10(2-3-17-5-10)4-13-9-7(11)8(12)14-6-15-9/h6H,2-5H2,1H3,(H,13,14,15). The number of halogens is 2. The van der Waals surface area contributed by atoms with Gasteiger partial charge in [-0.15, -0.1) is 0 Å². The molecule has 1 fully saturated rings. The van der Waals surface area contributed by atoms with Gasteiger partial charge in [0, 0.05) is 26.7 Å². The zero-order valence-electron chi connectivity index (χ0n) is 9.37. The summed E-state index contributed by atoms with van der Waals surface area (Å²) in [5, 5.41) is 3.59. The normalized spacial score (nSPS) is 23.9. The van der Waals surface area contributed by atoms with Crippen molar-refractivity contribution >= 4 is 33.3 Å². The van der Waals surface area contributed by atoms with Crippen LogP contribution < -0.4 is 5.32 Å². The summed E-state index contributed by atoms with van der Waals surface area (Å²) in [4.78, 5) is 7.98. The summed E-state index contributed by atoms with van der Waals surface area (Å²) >= 11 is 9.22. The van der Waals surface area contributed by atoms with Crippen LogP contribution in [0.25, 0.3) is 0 Å². The van der Waals surface area contributed by atoms with E-state index in [1.54, 1.807) is 7.11 Å². The minimum atomic E-state index is -0.281. The third-order valence-corrected chi connectivity index (χ3v) is 4.09. The molecule has 1 N–H and O–H groups in total. The topological polar surface area (TPSA) is 56.3 Å². The lowest BCUT2D eigenvalue weighted by molar-refractivity contribution is -0.00626. The molecule has 1 saturated heterocycles. The molecule has 5 nitrogen and oxygen atoms in total. The van der Waals surface area contributed by atoms with Crippen LogP contribution in [0.3, 0.4) is 0 Å². The quantitative estimate of drug-likeness (QED) is 0.861. The highest BCUT2D eigenvalue weighted by Gasteiger charge is 2.35. The molecule has 17 heavy (non-hydrogen) atoms. The van der Waals surface area contributed by atoms with Crippen LogP contribution in [0.2, 0.25) is 5.15 Å². The Hall–Kier alpha value is -0.430. The van der Waals surface area contributed by atoms with Gasteiger partial charge >= 0.3 is 0 Å². The summed E-state index contributed by atoms with van der Waals surface area (Å²) in [5.41, 5.74) is -0.281. The zero-order chi connectivity index (χ0) is 12.3. The molecule has 0 saturated carbocycles. The second-order valence-electron chi connectivity index (χ2n) is 3.87. The van der Waals surface area contributed by atoms with Gasteiger partial charge in [0.2, 0.25) is 0 Å². The molecule has 1 aromatic heterocycles. The van der Waals surface area contributed by atoms with Crippen LogP contribution in [0.4, 0.5) is 5.82 Å². The summed E-state index contributed by atoms with van der Waals surface area (Å²) in [5.74, 6) is 0.660. The van der Waals surface area contributed by atoms with Gasteiger partial charge in [-0.25, -0.2) is 9.97 Å². The molecular weight excluding hydrogens is 309 g/mol. The predicted octanol–water partition coefficient (Wildman–Crippen LogP) is 2.11. The van der Waals surface area contributed by atoms with E-state index in [4.69, 9.17) is 21.1 Å². The fourth-order valence-corrected chi connectivity index (χ4v) is 2.16. The van der Waals surface area contributed by atoms with Crippen LogP contribution in [0.15, 0.2) is 10.8 Å². The van der Waals surface area contributed by atoms with E-state index in [-0.39, 0.29) is 5.60 Å². The lowest BCUT2D eigenvalue weighted by Gasteiger charge is -2.26. The molecule has 0 aliphatic carbocycles. The first kappa shape index (κ1) is 13.0. The molecule has 1 aliphatic rings. The Balaban J connectivity index is 2.04. The lowest BCUT2D eigenvalue weighted by Crippen LogP contribution is -2.39. The lowest BCUT2D eigenvalue weighted by atomic mass is 10.0. The molecule has 94 valence electrons. The minimum absolute atomic E-state index is 0.281. The van der Waals surface area contributed by atoms with E-state index < -0.39 is 0 Å². The van der Waals surface area contributed by atoms with Gasteiger partial charge in [-0.2, -0.15) is 0 Å². The maximum atomic E-state index is 5.88. The molecular formula is C10H13BrClN3O2. The van der Waals surface area contributed by atoms with E-state index in [0.717, 1.165) is 13.0 Å². The van der Waals surface area contributed by atoms with Crippen LogP contribution in [0.1, 0.15) is 6.42 Å². The fraction of sp³-hybridized carbons (Fsp3) is 0.600. The summed E-state index contributed by atoms with van der Waals surface area (Å²) in [7, 11) is 1.69. The second-order valence-corrected chi connectivity index (χ2v) is 5.02. The van der Waals surface area contributed by atoms with Gasteiger partial charge in [0.05, 0.1) is 11.1 Å². The van der Waals surface area contributed by atoms with Crippen molar-refractivity contribution in [2.45, 2.75) is 12.0 Å². The number of ether oxygens (including phenoxy) is 2. The SMILES string of the molecule is COC1(CNc2ncnc(Cl)c2Br)CCOC1. The number of methoxy groups -OCH3 is 1. The van der Waals surface area contributed by atoms with Crippen molar-refractivity contribution in [1.29, 1.82) is 0 Å². The Morgan fingerprint density at radius 2 is 2.47 bits per heavy atom. The summed E-state index contributed by atoms with van der Waals surface area (Å²) in [6.45, 7) is 1.93. The van der Waals surface area contributed by atoms with Crippen molar-refractivity contribution < 1.29 is 9.47 Å². The number of nitrogens with zero attached hydrogens (tertiary/aromatic N) is 2. The smallest absolute Gasteiger partial charge is 0.148 e. The largest absolute Gasteiger partial charge is 0.378 e. The highest BCUT2D eigenvalue weighted by atomic mass is 79.9. The second kappa shape index (κ2) is 5.48. The zero-order valence-corrected chi connectivity index (χ0v) is 11.7. The van der Waals surface area contributed by atoms with Crippen molar-refractivity contribution in [2.24, 2.45) is 0 Å².